The molecule has 1 amide bonds. The van der Waals surface area contributed by atoms with Crippen molar-refractivity contribution >= 4 is 5.91 Å². The number of hydrogen-bond donors (Lipinski definition) is 1. The fourth-order valence-corrected chi connectivity index (χ4v) is 2.67. The van der Waals surface area contributed by atoms with Crippen LogP contribution in [0.15, 0.2) is 0 Å². The molecule has 0 spiro atoms. The lowest BCUT2D eigenvalue weighted by Gasteiger charge is -2.36. The normalized spacial score (nSPS) is 26.9. The number of amides is 1. The molecule has 0 aromatic carbocycles. The largest absolute Gasteiger partial charge is 0.341 e. The summed E-state index contributed by atoms with van der Waals surface area (Å²) in [5.41, 5.74) is 6.24. The standard InChI is InChI=1S/C11H20N2O/c12-11(6-2-1-3-7-11)9-13-8-4-5-10(13)14/h1-9,12H2. The molecule has 1 saturated heterocycles. The van der Waals surface area contributed by atoms with Gasteiger partial charge in [0.1, 0.15) is 0 Å². The summed E-state index contributed by atoms with van der Waals surface area (Å²) in [5, 5.41) is 0. The first kappa shape index (κ1) is 9.97. The topological polar surface area (TPSA) is 46.3 Å². The van der Waals surface area contributed by atoms with E-state index >= 15 is 0 Å². The zero-order valence-electron chi connectivity index (χ0n) is 8.80. The van der Waals surface area contributed by atoms with Gasteiger partial charge in [0.2, 0.25) is 5.91 Å². The van der Waals surface area contributed by atoms with Crippen LogP contribution in [0.25, 0.3) is 0 Å². The number of nitrogens with two attached hydrogens (primary N) is 1. The van der Waals surface area contributed by atoms with E-state index < -0.39 is 0 Å². The number of likely N-dealkylation sites (tertiary alicyclic amines) is 1. The van der Waals surface area contributed by atoms with E-state index in [-0.39, 0.29) is 5.54 Å². The van der Waals surface area contributed by atoms with Crippen molar-refractivity contribution in [1.82, 2.24) is 4.90 Å². The molecule has 0 radical (unpaired) electrons. The minimum atomic E-state index is -0.0712. The molecule has 2 fully saturated rings. The predicted octanol–water partition coefficient (Wildman–Crippen LogP) is 1.27. The molecular weight excluding hydrogens is 176 g/mol. The number of carbonyl (C=O) groups is 1. The first-order valence-corrected chi connectivity index (χ1v) is 5.76. The quantitative estimate of drug-likeness (QED) is 0.723. The van der Waals surface area contributed by atoms with Crippen LogP contribution in [0.1, 0.15) is 44.9 Å². The summed E-state index contributed by atoms with van der Waals surface area (Å²) in [6.45, 7) is 1.73. The van der Waals surface area contributed by atoms with Gasteiger partial charge in [0.15, 0.2) is 0 Å². The molecule has 2 N–H and O–H groups in total. The Labute approximate surface area is 85.6 Å². The fourth-order valence-electron chi connectivity index (χ4n) is 2.67. The van der Waals surface area contributed by atoms with Gasteiger partial charge in [-0.3, -0.25) is 4.79 Å². The number of nitrogens with zero attached hydrogens (tertiary/aromatic N) is 1. The number of carbonyl (C=O) groups excluding carboxylic acids is 1. The molecule has 1 aliphatic carbocycles. The average Bonchev–Trinajstić information content (AvgIpc) is 2.52. The van der Waals surface area contributed by atoms with Crippen LogP contribution in [0.3, 0.4) is 0 Å². The molecule has 0 aromatic rings. The molecule has 14 heavy (non-hydrogen) atoms. The minimum absolute atomic E-state index is 0.0712. The van der Waals surface area contributed by atoms with Gasteiger partial charge in [0.05, 0.1) is 0 Å². The van der Waals surface area contributed by atoms with Crippen LogP contribution in [0.2, 0.25) is 0 Å². The maximum Gasteiger partial charge on any atom is 0.222 e. The fraction of sp³-hybridized carbons (Fsp3) is 0.909. The van der Waals surface area contributed by atoms with Crippen molar-refractivity contribution in [1.29, 1.82) is 0 Å². The van der Waals surface area contributed by atoms with Crippen LogP contribution >= 0.6 is 0 Å². The Balaban J connectivity index is 1.91. The Morgan fingerprint density at radius 1 is 1.21 bits per heavy atom. The second-order valence-corrected chi connectivity index (χ2v) is 4.84. The average molecular weight is 196 g/mol. The van der Waals surface area contributed by atoms with Gasteiger partial charge in [-0.2, -0.15) is 0 Å². The Morgan fingerprint density at radius 2 is 1.93 bits per heavy atom. The van der Waals surface area contributed by atoms with Crippen LogP contribution in [0.4, 0.5) is 0 Å². The summed E-state index contributed by atoms with van der Waals surface area (Å²) in [4.78, 5) is 13.4. The zero-order chi connectivity index (χ0) is 10.0. The van der Waals surface area contributed by atoms with E-state index in [1.54, 1.807) is 0 Å². The van der Waals surface area contributed by atoms with Crippen LogP contribution in [-0.2, 0) is 4.79 Å². The van der Waals surface area contributed by atoms with Crippen molar-refractivity contribution in [3.05, 3.63) is 0 Å². The maximum absolute atomic E-state index is 11.5. The highest BCUT2D eigenvalue weighted by Crippen LogP contribution is 2.27. The van der Waals surface area contributed by atoms with E-state index in [9.17, 15) is 4.79 Å². The zero-order valence-corrected chi connectivity index (χ0v) is 8.80. The SMILES string of the molecule is NC1(CN2CCCC2=O)CCCCC1. The summed E-state index contributed by atoms with van der Waals surface area (Å²) in [7, 11) is 0. The Kier molecular flexibility index (Phi) is 2.77. The second-order valence-electron chi connectivity index (χ2n) is 4.84. The summed E-state index contributed by atoms with van der Waals surface area (Å²) in [6, 6.07) is 0. The van der Waals surface area contributed by atoms with Crippen molar-refractivity contribution in [3.8, 4) is 0 Å². The summed E-state index contributed by atoms with van der Waals surface area (Å²) in [5.74, 6) is 0.306. The molecule has 0 aromatic heterocycles. The van der Waals surface area contributed by atoms with Crippen LogP contribution in [-0.4, -0.2) is 29.4 Å². The van der Waals surface area contributed by atoms with Crippen molar-refractivity contribution < 1.29 is 4.79 Å². The van der Waals surface area contributed by atoms with Gasteiger partial charge in [-0.1, -0.05) is 19.3 Å². The molecule has 1 saturated carbocycles. The Hall–Kier alpha value is -0.570. The van der Waals surface area contributed by atoms with Gasteiger partial charge in [0.25, 0.3) is 0 Å². The van der Waals surface area contributed by atoms with Gasteiger partial charge in [-0.05, 0) is 19.3 Å². The van der Waals surface area contributed by atoms with Gasteiger partial charge < -0.3 is 10.6 Å². The highest BCUT2D eigenvalue weighted by Gasteiger charge is 2.32. The first-order valence-electron chi connectivity index (χ1n) is 5.76. The molecule has 0 unspecified atom stereocenters. The predicted molar refractivity (Wildman–Crippen MR) is 55.8 cm³/mol. The van der Waals surface area contributed by atoms with Crippen LogP contribution in [0.5, 0.6) is 0 Å². The molecule has 1 heterocycles. The molecule has 2 aliphatic rings. The van der Waals surface area contributed by atoms with E-state index in [4.69, 9.17) is 5.73 Å². The Bertz CT molecular complexity index is 221. The van der Waals surface area contributed by atoms with Gasteiger partial charge >= 0.3 is 0 Å². The molecule has 3 heteroatoms. The molecule has 3 nitrogen and oxygen atoms in total. The second kappa shape index (κ2) is 3.89. The number of rotatable bonds is 2. The summed E-state index contributed by atoms with van der Waals surface area (Å²) < 4.78 is 0. The smallest absolute Gasteiger partial charge is 0.222 e. The van der Waals surface area contributed by atoms with E-state index in [1.165, 1.54) is 19.3 Å². The molecule has 2 rings (SSSR count). The third-order valence-corrected chi connectivity index (χ3v) is 3.53. The minimum Gasteiger partial charge on any atom is -0.341 e. The van der Waals surface area contributed by atoms with E-state index in [1.807, 2.05) is 4.90 Å². The lowest BCUT2D eigenvalue weighted by Crippen LogP contribution is -2.51. The third kappa shape index (κ3) is 2.08. The van der Waals surface area contributed by atoms with Gasteiger partial charge in [-0.15, -0.1) is 0 Å². The van der Waals surface area contributed by atoms with Crippen LogP contribution in [0, 0.1) is 0 Å². The van der Waals surface area contributed by atoms with Crippen molar-refractivity contribution in [2.75, 3.05) is 13.1 Å². The maximum atomic E-state index is 11.5. The van der Waals surface area contributed by atoms with Gasteiger partial charge in [0, 0.05) is 25.0 Å². The lowest BCUT2D eigenvalue weighted by atomic mass is 9.82. The highest BCUT2D eigenvalue weighted by atomic mass is 16.2. The molecule has 80 valence electrons. The summed E-state index contributed by atoms with van der Waals surface area (Å²) >= 11 is 0. The lowest BCUT2D eigenvalue weighted by molar-refractivity contribution is -0.128. The summed E-state index contributed by atoms with van der Waals surface area (Å²) in [6.07, 6.45) is 7.72. The molecule has 1 aliphatic heterocycles. The highest BCUT2D eigenvalue weighted by molar-refractivity contribution is 5.78. The monoisotopic (exact) mass is 196 g/mol. The van der Waals surface area contributed by atoms with Crippen LogP contribution < -0.4 is 5.73 Å². The van der Waals surface area contributed by atoms with Crippen molar-refractivity contribution in [3.63, 3.8) is 0 Å². The Morgan fingerprint density at radius 3 is 2.50 bits per heavy atom. The first-order chi connectivity index (χ1) is 6.70. The third-order valence-electron chi connectivity index (χ3n) is 3.53. The van der Waals surface area contributed by atoms with E-state index in [0.717, 1.165) is 38.8 Å². The van der Waals surface area contributed by atoms with E-state index in [2.05, 4.69) is 0 Å². The molecule has 0 atom stereocenters. The molecule has 0 bridgehead atoms. The van der Waals surface area contributed by atoms with Crippen molar-refractivity contribution in [2.24, 2.45) is 5.73 Å². The van der Waals surface area contributed by atoms with Crippen molar-refractivity contribution in [2.45, 2.75) is 50.5 Å². The molecular formula is C11H20N2O. The van der Waals surface area contributed by atoms with E-state index in [0.29, 0.717) is 5.91 Å². The number of hydrogen-bond acceptors (Lipinski definition) is 2. The van der Waals surface area contributed by atoms with Gasteiger partial charge in [-0.25, -0.2) is 0 Å².